The zero-order valence-corrected chi connectivity index (χ0v) is 12.3. The van der Waals surface area contributed by atoms with Gasteiger partial charge in [-0.2, -0.15) is 0 Å². The van der Waals surface area contributed by atoms with Gasteiger partial charge >= 0.3 is 0 Å². The standard InChI is InChI=1S/C14H21NO3S/c1-14(16,11-15-9-3-4-10-15)12-5-7-13(8-6-12)19(2,17)18/h5-8,16H,3-4,9-11H2,1-2H3. The van der Waals surface area contributed by atoms with Gasteiger partial charge in [-0.15, -0.1) is 0 Å². The van der Waals surface area contributed by atoms with Crippen molar-refractivity contribution >= 4 is 9.84 Å². The summed E-state index contributed by atoms with van der Waals surface area (Å²) in [5, 5.41) is 10.5. The Labute approximate surface area is 115 Å². The molecule has 0 saturated carbocycles. The molecule has 1 N–H and O–H groups in total. The van der Waals surface area contributed by atoms with Crippen molar-refractivity contribution in [1.82, 2.24) is 4.90 Å². The van der Waals surface area contributed by atoms with E-state index in [0.29, 0.717) is 6.54 Å². The lowest BCUT2D eigenvalue weighted by Gasteiger charge is -2.29. The average Bonchev–Trinajstić information content (AvgIpc) is 2.80. The number of likely N-dealkylation sites (tertiary alicyclic amines) is 1. The van der Waals surface area contributed by atoms with E-state index in [9.17, 15) is 13.5 Å². The smallest absolute Gasteiger partial charge is 0.175 e. The van der Waals surface area contributed by atoms with Crippen molar-refractivity contribution in [2.24, 2.45) is 0 Å². The van der Waals surface area contributed by atoms with Crippen LogP contribution in [-0.4, -0.2) is 44.3 Å². The molecule has 1 aromatic carbocycles. The molecule has 1 atom stereocenters. The van der Waals surface area contributed by atoms with Gasteiger partial charge in [0, 0.05) is 12.8 Å². The molecular formula is C14H21NO3S. The van der Waals surface area contributed by atoms with Gasteiger partial charge in [0.2, 0.25) is 0 Å². The number of benzene rings is 1. The van der Waals surface area contributed by atoms with Crippen LogP contribution in [0.25, 0.3) is 0 Å². The summed E-state index contributed by atoms with van der Waals surface area (Å²) in [5.41, 5.74) is -0.188. The third kappa shape index (κ3) is 3.55. The molecule has 1 aliphatic heterocycles. The number of hydrogen-bond acceptors (Lipinski definition) is 4. The predicted molar refractivity (Wildman–Crippen MR) is 74.8 cm³/mol. The Morgan fingerprint density at radius 2 is 1.74 bits per heavy atom. The molecular weight excluding hydrogens is 262 g/mol. The fourth-order valence-electron chi connectivity index (χ4n) is 2.53. The highest BCUT2D eigenvalue weighted by Crippen LogP contribution is 2.25. The first-order valence-electron chi connectivity index (χ1n) is 6.54. The maximum absolute atomic E-state index is 11.4. The number of nitrogens with zero attached hydrogens (tertiary/aromatic N) is 1. The van der Waals surface area contributed by atoms with Crippen LogP contribution in [0.1, 0.15) is 25.3 Å². The summed E-state index contributed by atoms with van der Waals surface area (Å²) in [6.45, 7) is 4.42. The molecule has 19 heavy (non-hydrogen) atoms. The van der Waals surface area contributed by atoms with Crippen LogP contribution in [0, 0.1) is 0 Å². The maximum Gasteiger partial charge on any atom is 0.175 e. The van der Waals surface area contributed by atoms with E-state index in [0.717, 1.165) is 18.7 Å². The minimum atomic E-state index is -3.18. The fourth-order valence-corrected chi connectivity index (χ4v) is 3.16. The number of β-amino-alcohol motifs (C(OH)–C–C–N with tert-alkyl or cyclic N) is 1. The molecule has 0 amide bonds. The van der Waals surface area contributed by atoms with Crippen molar-refractivity contribution in [3.05, 3.63) is 29.8 Å². The highest BCUT2D eigenvalue weighted by Gasteiger charge is 2.27. The van der Waals surface area contributed by atoms with Crippen LogP contribution in [0.5, 0.6) is 0 Å². The van der Waals surface area contributed by atoms with Crippen molar-refractivity contribution in [2.75, 3.05) is 25.9 Å². The van der Waals surface area contributed by atoms with E-state index in [4.69, 9.17) is 0 Å². The first-order chi connectivity index (χ1) is 8.79. The van der Waals surface area contributed by atoms with Gasteiger partial charge in [0.25, 0.3) is 0 Å². The Bertz CT molecular complexity index is 528. The number of sulfone groups is 1. The highest BCUT2D eigenvalue weighted by molar-refractivity contribution is 7.90. The van der Waals surface area contributed by atoms with E-state index >= 15 is 0 Å². The minimum Gasteiger partial charge on any atom is -0.384 e. The van der Waals surface area contributed by atoms with Crippen molar-refractivity contribution in [2.45, 2.75) is 30.3 Å². The molecule has 1 unspecified atom stereocenters. The Kier molecular flexibility index (Phi) is 3.99. The van der Waals surface area contributed by atoms with E-state index in [-0.39, 0.29) is 4.90 Å². The second-order valence-electron chi connectivity index (χ2n) is 5.55. The zero-order chi connectivity index (χ0) is 14.1. The van der Waals surface area contributed by atoms with Gasteiger partial charge in [-0.25, -0.2) is 8.42 Å². The maximum atomic E-state index is 11.4. The summed E-state index contributed by atoms with van der Waals surface area (Å²) in [6, 6.07) is 6.52. The van der Waals surface area contributed by atoms with E-state index in [1.165, 1.54) is 19.1 Å². The third-order valence-electron chi connectivity index (χ3n) is 3.63. The Balaban J connectivity index is 2.15. The summed E-state index contributed by atoms with van der Waals surface area (Å²) < 4.78 is 22.8. The van der Waals surface area contributed by atoms with E-state index in [1.807, 2.05) is 0 Å². The van der Waals surface area contributed by atoms with Gasteiger partial charge < -0.3 is 10.0 Å². The molecule has 0 spiro atoms. The van der Waals surface area contributed by atoms with E-state index < -0.39 is 15.4 Å². The van der Waals surface area contributed by atoms with Crippen molar-refractivity contribution < 1.29 is 13.5 Å². The summed E-state index contributed by atoms with van der Waals surface area (Å²) in [5.74, 6) is 0. The molecule has 2 rings (SSSR count). The summed E-state index contributed by atoms with van der Waals surface area (Å²) in [4.78, 5) is 2.53. The van der Waals surface area contributed by atoms with Crippen molar-refractivity contribution in [3.63, 3.8) is 0 Å². The second-order valence-corrected chi connectivity index (χ2v) is 7.57. The first-order valence-corrected chi connectivity index (χ1v) is 8.43. The Hall–Kier alpha value is -0.910. The fraction of sp³-hybridized carbons (Fsp3) is 0.571. The topological polar surface area (TPSA) is 57.6 Å². The predicted octanol–water partition coefficient (Wildman–Crippen LogP) is 1.39. The lowest BCUT2D eigenvalue weighted by molar-refractivity contribution is 0.0227. The molecule has 0 bridgehead atoms. The monoisotopic (exact) mass is 283 g/mol. The van der Waals surface area contributed by atoms with Crippen LogP contribution in [0.4, 0.5) is 0 Å². The zero-order valence-electron chi connectivity index (χ0n) is 11.5. The largest absolute Gasteiger partial charge is 0.384 e. The van der Waals surface area contributed by atoms with E-state index in [2.05, 4.69) is 4.90 Å². The van der Waals surface area contributed by atoms with Crippen LogP contribution < -0.4 is 0 Å². The molecule has 1 fully saturated rings. The van der Waals surface area contributed by atoms with Crippen molar-refractivity contribution in [1.29, 1.82) is 0 Å². The van der Waals surface area contributed by atoms with E-state index in [1.54, 1.807) is 31.2 Å². The quantitative estimate of drug-likeness (QED) is 0.907. The number of aliphatic hydroxyl groups is 1. The normalized spacial score (nSPS) is 20.4. The van der Waals surface area contributed by atoms with Crippen molar-refractivity contribution in [3.8, 4) is 0 Å². The molecule has 0 aliphatic carbocycles. The molecule has 0 aromatic heterocycles. The average molecular weight is 283 g/mol. The van der Waals surface area contributed by atoms with Gasteiger partial charge in [0.1, 0.15) is 0 Å². The molecule has 1 heterocycles. The SMILES string of the molecule is CC(O)(CN1CCCC1)c1ccc(S(C)(=O)=O)cc1. The Morgan fingerprint density at radius 1 is 1.21 bits per heavy atom. The molecule has 1 aliphatic rings. The third-order valence-corrected chi connectivity index (χ3v) is 4.76. The van der Waals surface area contributed by atoms with Gasteiger partial charge in [0.15, 0.2) is 9.84 Å². The number of rotatable bonds is 4. The van der Waals surface area contributed by atoms with Crippen LogP contribution >= 0.6 is 0 Å². The second kappa shape index (κ2) is 5.23. The molecule has 4 nitrogen and oxygen atoms in total. The van der Waals surface area contributed by atoms with Crippen LogP contribution in [-0.2, 0) is 15.4 Å². The van der Waals surface area contributed by atoms with Gasteiger partial charge in [-0.1, -0.05) is 12.1 Å². The summed E-state index contributed by atoms with van der Waals surface area (Å²) in [7, 11) is -3.18. The highest BCUT2D eigenvalue weighted by atomic mass is 32.2. The van der Waals surface area contributed by atoms with Crippen LogP contribution in [0.3, 0.4) is 0 Å². The van der Waals surface area contributed by atoms with Crippen LogP contribution in [0.2, 0.25) is 0 Å². The Morgan fingerprint density at radius 3 is 2.21 bits per heavy atom. The lowest BCUT2D eigenvalue weighted by Crippen LogP contribution is -2.37. The number of hydrogen-bond donors (Lipinski definition) is 1. The summed E-state index contributed by atoms with van der Waals surface area (Å²) in [6.07, 6.45) is 3.55. The summed E-state index contributed by atoms with van der Waals surface area (Å²) >= 11 is 0. The lowest BCUT2D eigenvalue weighted by atomic mass is 9.95. The van der Waals surface area contributed by atoms with Gasteiger partial charge in [0.05, 0.1) is 10.5 Å². The first kappa shape index (κ1) is 14.5. The molecule has 0 radical (unpaired) electrons. The molecule has 1 saturated heterocycles. The minimum absolute atomic E-state index is 0.285. The molecule has 5 heteroatoms. The molecule has 1 aromatic rings. The molecule has 106 valence electrons. The van der Waals surface area contributed by atoms with Gasteiger partial charge in [-0.3, -0.25) is 0 Å². The van der Waals surface area contributed by atoms with Gasteiger partial charge in [-0.05, 0) is 50.6 Å². The van der Waals surface area contributed by atoms with Crippen LogP contribution in [0.15, 0.2) is 29.2 Å².